The number of ether oxygens (including phenoxy) is 1. The van der Waals surface area contributed by atoms with Gasteiger partial charge in [0.05, 0.1) is 12.7 Å². The third kappa shape index (κ3) is 3.45. The Morgan fingerprint density at radius 2 is 2.00 bits per heavy atom. The normalized spacial score (nSPS) is 13.3. The molecule has 0 aromatic heterocycles. The van der Waals surface area contributed by atoms with E-state index >= 15 is 0 Å². The summed E-state index contributed by atoms with van der Waals surface area (Å²) < 4.78 is 4.62. The van der Waals surface area contributed by atoms with Gasteiger partial charge in [0.15, 0.2) is 0 Å². The van der Waals surface area contributed by atoms with Crippen LogP contribution in [0.5, 0.6) is 0 Å². The summed E-state index contributed by atoms with van der Waals surface area (Å²) >= 11 is 0. The van der Waals surface area contributed by atoms with Gasteiger partial charge in [0, 0.05) is 18.0 Å². The maximum Gasteiger partial charge on any atom is 0.341 e. The maximum atomic E-state index is 11.4. The van der Waals surface area contributed by atoms with Crippen molar-refractivity contribution in [2.75, 3.05) is 7.11 Å². The first-order chi connectivity index (χ1) is 8.60. The molecule has 0 aliphatic rings. The van der Waals surface area contributed by atoms with E-state index in [1.807, 2.05) is 37.3 Å². The van der Waals surface area contributed by atoms with Gasteiger partial charge in [-0.15, -0.1) is 0 Å². The number of benzene rings is 1. The molecule has 4 heteroatoms. The molecule has 0 saturated heterocycles. The van der Waals surface area contributed by atoms with Crippen LogP contribution in [0.25, 0.3) is 0 Å². The molecule has 4 nitrogen and oxygen atoms in total. The molecule has 2 N–H and O–H groups in total. The Kier molecular flexibility index (Phi) is 5.11. The fourth-order valence-corrected chi connectivity index (χ4v) is 1.66. The van der Waals surface area contributed by atoms with Gasteiger partial charge in [-0.1, -0.05) is 30.3 Å². The van der Waals surface area contributed by atoms with Crippen molar-refractivity contribution in [3.63, 3.8) is 0 Å². The average molecular weight is 246 g/mol. The Hall–Kier alpha value is -2.10. The lowest BCUT2D eigenvalue weighted by Crippen LogP contribution is -2.21. The lowest BCUT2D eigenvalue weighted by molar-refractivity contribution is -0.135. The molecular formula is C14H18N2O2. The minimum absolute atomic E-state index is 0.0609. The minimum Gasteiger partial charge on any atom is -0.465 e. The van der Waals surface area contributed by atoms with Crippen LogP contribution in [0, 0.1) is 5.41 Å². The number of hydrogen-bond acceptors (Lipinski definition) is 4. The number of nitrogens with one attached hydrogen (secondary N) is 2. The van der Waals surface area contributed by atoms with Gasteiger partial charge in [0.25, 0.3) is 0 Å². The molecule has 1 aromatic carbocycles. The van der Waals surface area contributed by atoms with Crippen molar-refractivity contribution in [1.29, 1.82) is 5.41 Å². The minimum atomic E-state index is -0.504. The van der Waals surface area contributed by atoms with Gasteiger partial charge >= 0.3 is 5.97 Å². The summed E-state index contributed by atoms with van der Waals surface area (Å²) in [5.74, 6) is -0.504. The summed E-state index contributed by atoms with van der Waals surface area (Å²) in [4.78, 5) is 11.4. The van der Waals surface area contributed by atoms with Gasteiger partial charge in [0.1, 0.15) is 0 Å². The lowest BCUT2D eigenvalue weighted by atomic mass is 10.1. The Balaban J connectivity index is 2.86. The highest BCUT2D eigenvalue weighted by Crippen LogP contribution is 2.14. The van der Waals surface area contributed by atoms with Gasteiger partial charge < -0.3 is 15.5 Å². The van der Waals surface area contributed by atoms with Crippen molar-refractivity contribution in [1.82, 2.24) is 5.32 Å². The number of hydrogen-bond donors (Lipinski definition) is 2. The van der Waals surface area contributed by atoms with Crippen molar-refractivity contribution >= 4 is 12.2 Å². The predicted octanol–water partition coefficient (Wildman–Crippen LogP) is 2.43. The van der Waals surface area contributed by atoms with E-state index in [4.69, 9.17) is 5.41 Å². The first-order valence-corrected chi connectivity index (χ1v) is 5.71. The summed E-state index contributed by atoms with van der Waals surface area (Å²) in [6, 6.07) is 9.96. The highest BCUT2D eigenvalue weighted by Gasteiger charge is 2.12. The predicted molar refractivity (Wildman–Crippen MR) is 71.5 cm³/mol. The molecule has 0 aliphatic carbocycles. The fourth-order valence-electron chi connectivity index (χ4n) is 1.66. The molecule has 18 heavy (non-hydrogen) atoms. The zero-order valence-corrected chi connectivity index (χ0v) is 10.9. The molecule has 0 aliphatic heterocycles. The first-order valence-electron chi connectivity index (χ1n) is 5.71. The summed E-state index contributed by atoms with van der Waals surface area (Å²) in [6.07, 6.45) is 1.01. The molecule has 0 heterocycles. The van der Waals surface area contributed by atoms with Crippen LogP contribution in [0.3, 0.4) is 0 Å². The van der Waals surface area contributed by atoms with Gasteiger partial charge in [-0.2, -0.15) is 0 Å². The summed E-state index contributed by atoms with van der Waals surface area (Å²) in [5.41, 5.74) is 1.99. The van der Waals surface area contributed by atoms with Crippen molar-refractivity contribution < 1.29 is 9.53 Å². The van der Waals surface area contributed by atoms with Crippen LogP contribution in [-0.2, 0) is 9.53 Å². The van der Waals surface area contributed by atoms with Crippen molar-refractivity contribution in [2.24, 2.45) is 0 Å². The van der Waals surface area contributed by atoms with Crippen molar-refractivity contribution in [3.05, 3.63) is 47.2 Å². The van der Waals surface area contributed by atoms with Crippen LogP contribution in [0.4, 0.5) is 0 Å². The molecule has 1 atom stereocenters. The van der Waals surface area contributed by atoms with Crippen molar-refractivity contribution in [2.45, 2.75) is 19.9 Å². The second-order valence-corrected chi connectivity index (χ2v) is 3.95. The van der Waals surface area contributed by atoms with E-state index in [0.717, 1.165) is 11.8 Å². The van der Waals surface area contributed by atoms with E-state index < -0.39 is 5.97 Å². The maximum absolute atomic E-state index is 11.4. The average Bonchev–Trinajstić information content (AvgIpc) is 2.40. The van der Waals surface area contributed by atoms with Crippen LogP contribution in [-0.4, -0.2) is 19.3 Å². The third-order valence-corrected chi connectivity index (χ3v) is 2.69. The van der Waals surface area contributed by atoms with E-state index in [1.54, 1.807) is 6.92 Å². The molecule has 0 spiro atoms. The molecule has 0 amide bonds. The molecule has 1 rings (SSSR count). The second kappa shape index (κ2) is 6.59. The first kappa shape index (κ1) is 14.0. The SMILES string of the molecule is COC(=O)/C(C=N)=C(\C)NC(C)c1ccccc1. The van der Waals surface area contributed by atoms with E-state index in [2.05, 4.69) is 10.1 Å². The number of allylic oxidation sites excluding steroid dienone is 1. The zero-order valence-electron chi connectivity index (χ0n) is 10.9. The highest BCUT2D eigenvalue weighted by molar-refractivity contribution is 6.09. The van der Waals surface area contributed by atoms with Crippen LogP contribution >= 0.6 is 0 Å². The molecule has 1 aromatic rings. The molecular weight excluding hydrogens is 228 g/mol. The zero-order chi connectivity index (χ0) is 13.5. The van der Waals surface area contributed by atoms with E-state index in [9.17, 15) is 4.79 Å². The highest BCUT2D eigenvalue weighted by atomic mass is 16.5. The Bertz CT molecular complexity index is 452. The monoisotopic (exact) mass is 246 g/mol. The standard InChI is InChI=1S/C14H18N2O2/c1-10(12-7-5-4-6-8-12)16-11(2)13(9-15)14(17)18-3/h4-10,15-16H,1-3H3/b13-11+,15-9?. The summed E-state index contributed by atoms with van der Waals surface area (Å²) in [7, 11) is 1.31. The summed E-state index contributed by atoms with van der Waals surface area (Å²) in [6.45, 7) is 3.76. The molecule has 0 radical (unpaired) electrons. The van der Waals surface area contributed by atoms with Crippen LogP contribution in [0.15, 0.2) is 41.6 Å². The number of esters is 1. The van der Waals surface area contributed by atoms with Crippen LogP contribution < -0.4 is 5.32 Å². The number of methoxy groups -OCH3 is 1. The van der Waals surface area contributed by atoms with Gasteiger partial charge in [-0.3, -0.25) is 0 Å². The Morgan fingerprint density at radius 3 is 2.50 bits per heavy atom. The van der Waals surface area contributed by atoms with Gasteiger partial charge in [-0.25, -0.2) is 4.79 Å². The molecule has 96 valence electrons. The van der Waals surface area contributed by atoms with Crippen molar-refractivity contribution in [3.8, 4) is 0 Å². The van der Waals surface area contributed by atoms with Crippen LogP contribution in [0.2, 0.25) is 0 Å². The quantitative estimate of drug-likeness (QED) is 0.476. The molecule has 0 bridgehead atoms. The number of rotatable bonds is 5. The van der Waals surface area contributed by atoms with Gasteiger partial charge in [-0.05, 0) is 19.4 Å². The van der Waals surface area contributed by atoms with Crippen LogP contribution in [0.1, 0.15) is 25.5 Å². The Labute approximate surface area is 107 Å². The third-order valence-electron chi connectivity index (χ3n) is 2.69. The van der Waals surface area contributed by atoms with E-state index in [1.165, 1.54) is 7.11 Å². The largest absolute Gasteiger partial charge is 0.465 e. The smallest absolute Gasteiger partial charge is 0.341 e. The lowest BCUT2D eigenvalue weighted by Gasteiger charge is -2.17. The molecule has 1 unspecified atom stereocenters. The molecule has 0 saturated carbocycles. The van der Waals surface area contributed by atoms with E-state index in [-0.39, 0.29) is 11.6 Å². The summed E-state index contributed by atoms with van der Waals surface area (Å²) in [5, 5.41) is 10.4. The topological polar surface area (TPSA) is 62.2 Å². The second-order valence-electron chi connectivity index (χ2n) is 3.95. The Morgan fingerprint density at radius 1 is 1.39 bits per heavy atom. The number of carbonyl (C=O) groups excluding carboxylic acids is 1. The molecule has 0 fully saturated rings. The fraction of sp³-hybridized carbons (Fsp3) is 0.286. The number of carbonyl (C=O) groups is 1. The van der Waals surface area contributed by atoms with E-state index in [0.29, 0.717) is 5.70 Å². The van der Waals surface area contributed by atoms with Gasteiger partial charge in [0.2, 0.25) is 0 Å².